The second kappa shape index (κ2) is 10.3. The van der Waals surface area contributed by atoms with Crippen LogP contribution in [0.3, 0.4) is 0 Å². The number of fused-ring (bicyclic) bond motifs is 1. The zero-order chi connectivity index (χ0) is 27.1. The number of aliphatic hydroxyl groups excluding tert-OH is 1. The second-order valence-corrected chi connectivity index (χ2v) is 11.6. The molecular weight excluding hydrogens is 494 g/mol. The zero-order valence-electron chi connectivity index (χ0n) is 22.6. The van der Waals surface area contributed by atoms with E-state index >= 15 is 0 Å². The molecule has 39 heavy (non-hydrogen) atoms. The summed E-state index contributed by atoms with van der Waals surface area (Å²) in [5.74, 6) is -0.746. The molecule has 1 atom stereocenters. The lowest BCUT2D eigenvalue weighted by Crippen LogP contribution is -2.60. The van der Waals surface area contributed by atoms with Crippen molar-refractivity contribution in [3.63, 3.8) is 0 Å². The summed E-state index contributed by atoms with van der Waals surface area (Å²) in [6.45, 7) is 6.30. The number of carbonyl (C=O) groups excluding carboxylic acids is 3. The van der Waals surface area contributed by atoms with Crippen molar-refractivity contribution in [1.29, 1.82) is 0 Å². The lowest BCUT2D eigenvalue weighted by molar-refractivity contribution is -0.136. The van der Waals surface area contributed by atoms with E-state index in [1.165, 1.54) is 5.56 Å². The summed E-state index contributed by atoms with van der Waals surface area (Å²) in [6, 6.07) is 14.0. The van der Waals surface area contributed by atoms with Crippen molar-refractivity contribution in [3.05, 3.63) is 59.2 Å². The molecule has 0 aliphatic carbocycles. The third kappa shape index (κ3) is 4.89. The molecule has 0 radical (unpaired) electrons. The van der Waals surface area contributed by atoms with Crippen molar-refractivity contribution >= 4 is 29.1 Å². The SMILES string of the molecule is CN(CCO)c1ccc(CN2CCC3(CC2)CN(c2cccc4c2CN(C2CCC(=O)NC2=O)C4=O)C3)cc1. The van der Waals surface area contributed by atoms with E-state index in [-0.39, 0.29) is 30.7 Å². The Bertz CT molecular complexity index is 1260. The third-order valence-corrected chi connectivity index (χ3v) is 9.09. The fourth-order valence-corrected chi connectivity index (χ4v) is 6.69. The second-order valence-electron chi connectivity index (χ2n) is 11.6. The number of aliphatic hydroxyl groups is 1. The van der Waals surface area contributed by atoms with Crippen molar-refractivity contribution in [1.82, 2.24) is 15.1 Å². The van der Waals surface area contributed by atoms with E-state index < -0.39 is 6.04 Å². The van der Waals surface area contributed by atoms with Crippen LogP contribution in [0.2, 0.25) is 0 Å². The van der Waals surface area contributed by atoms with Gasteiger partial charge in [-0.15, -0.1) is 0 Å². The predicted octanol–water partition coefficient (Wildman–Crippen LogP) is 1.98. The van der Waals surface area contributed by atoms with Crippen LogP contribution in [0, 0.1) is 5.41 Å². The number of likely N-dealkylation sites (tertiary alicyclic amines) is 1. The number of piperidine rings is 2. The maximum Gasteiger partial charge on any atom is 0.255 e. The van der Waals surface area contributed by atoms with Gasteiger partial charge in [-0.25, -0.2) is 0 Å². The number of nitrogens with zero attached hydrogens (tertiary/aromatic N) is 4. The van der Waals surface area contributed by atoms with Gasteiger partial charge in [-0.2, -0.15) is 0 Å². The molecule has 2 aromatic carbocycles. The lowest BCUT2D eigenvalue weighted by atomic mass is 9.71. The average Bonchev–Trinajstić information content (AvgIpc) is 3.25. The Morgan fingerprint density at radius 1 is 1.05 bits per heavy atom. The minimum atomic E-state index is -0.583. The summed E-state index contributed by atoms with van der Waals surface area (Å²) in [4.78, 5) is 45.8. The van der Waals surface area contributed by atoms with Crippen molar-refractivity contribution in [2.45, 2.75) is 44.8 Å². The molecule has 4 heterocycles. The maximum absolute atomic E-state index is 13.2. The van der Waals surface area contributed by atoms with Gasteiger partial charge < -0.3 is 19.8 Å². The van der Waals surface area contributed by atoms with Crippen molar-refractivity contribution < 1.29 is 19.5 Å². The van der Waals surface area contributed by atoms with Crippen LogP contribution in [0.1, 0.15) is 47.2 Å². The van der Waals surface area contributed by atoms with Crippen LogP contribution >= 0.6 is 0 Å². The number of benzene rings is 2. The quantitative estimate of drug-likeness (QED) is 0.528. The van der Waals surface area contributed by atoms with Crippen LogP contribution in [0.5, 0.6) is 0 Å². The summed E-state index contributed by atoms with van der Waals surface area (Å²) < 4.78 is 0. The van der Waals surface area contributed by atoms with E-state index in [1.54, 1.807) is 4.90 Å². The Morgan fingerprint density at radius 3 is 2.49 bits per heavy atom. The van der Waals surface area contributed by atoms with E-state index in [1.807, 2.05) is 19.2 Å². The van der Waals surface area contributed by atoms with Crippen molar-refractivity contribution in [2.24, 2.45) is 5.41 Å². The molecule has 1 spiro atoms. The highest BCUT2D eigenvalue weighted by molar-refractivity contribution is 6.06. The van der Waals surface area contributed by atoms with Gasteiger partial charge in [-0.1, -0.05) is 18.2 Å². The first-order valence-corrected chi connectivity index (χ1v) is 14.0. The van der Waals surface area contributed by atoms with Crippen LogP contribution < -0.4 is 15.1 Å². The minimum absolute atomic E-state index is 0.113. The fraction of sp³-hybridized carbons (Fsp3) is 0.500. The summed E-state index contributed by atoms with van der Waals surface area (Å²) in [6.07, 6.45) is 2.98. The first-order chi connectivity index (χ1) is 18.9. The van der Waals surface area contributed by atoms with E-state index in [0.29, 0.717) is 30.5 Å². The summed E-state index contributed by atoms with van der Waals surface area (Å²) in [7, 11) is 1.99. The van der Waals surface area contributed by atoms with Crippen LogP contribution in [0.15, 0.2) is 42.5 Å². The normalized spacial score (nSPS) is 22.6. The molecule has 1 unspecified atom stereocenters. The molecule has 9 heteroatoms. The van der Waals surface area contributed by atoms with Gasteiger partial charge in [0, 0.05) is 74.1 Å². The molecule has 2 aromatic rings. The lowest BCUT2D eigenvalue weighted by Gasteiger charge is -2.55. The van der Waals surface area contributed by atoms with Gasteiger partial charge in [0.15, 0.2) is 0 Å². The van der Waals surface area contributed by atoms with Gasteiger partial charge in [-0.05, 0) is 62.2 Å². The summed E-state index contributed by atoms with van der Waals surface area (Å²) in [5, 5.41) is 11.5. The Morgan fingerprint density at radius 2 is 1.79 bits per heavy atom. The van der Waals surface area contributed by atoms with Crippen LogP contribution in [-0.4, -0.2) is 85.0 Å². The number of imide groups is 1. The summed E-state index contributed by atoms with van der Waals surface area (Å²) >= 11 is 0. The summed E-state index contributed by atoms with van der Waals surface area (Å²) in [5.41, 5.74) is 5.55. The molecule has 6 rings (SSSR count). The van der Waals surface area contributed by atoms with Crippen molar-refractivity contribution in [2.75, 3.05) is 56.2 Å². The number of rotatable bonds is 7. The van der Waals surface area contributed by atoms with Crippen LogP contribution in [0.4, 0.5) is 11.4 Å². The van der Waals surface area contributed by atoms with Crippen LogP contribution in [-0.2, 0) is 22.7 Å². The maximum atomic E-state index is 13.2. The average molecular weight is 532 g/mol. The van der Waals surface area contributed by atoms with Gasteiger partial charge in [0.2, 0.25) is 11.8 Å². The number of likely N-dealkylation sites (N-methyl/N-ethyl adjacent to an activating group) is 1. The van der Waals surface area contributed by atoms with Crippen molar-refractivity contribution in [3.8, 4) is 0 Å². The number of hydrogen-bond acceptors (Lipinski definition) is 7. The highest BCUT2D eigenvalue weighted by atomic mass is 16.3. The van der Waals surface area contributed by atoms with E-state index in [4.69, 9.17) is 5.11 Å². The molecule has 3 saturated heterocycles. The van der Waals surface area contributed by atoms with E-state index in [9.17, 15) is 14.4 Å². The molecule has 9 nitrogen and oxygen atoms in total. The van der Waals surface area contributed by atoms with Gasteiger partial charge in [-0.3, -0.25) is 24.6 Å². The number of amides is 3. The largest absolute Gasteiger partial charge is 0.395 e. The van der Waals surface area contributed by atoms with Crippen LogP contribution in [0.25, 0.3) is 0 Å². The smallest absolute Gasteiger partial charge is 0.255 e. The topological polar surface area (TPSA) is 96.4 Å². The molecule has 3 fully saturated rings. The molecule has 0 bridgehead atoms. The zero-order valence-corrected chi connectivity index (χ0v) is 22.6. The van der Waals surface area contributed by atoms with Gasteiger partial charge >= 0.3 is 0 Å². The molecule has 206 valence electrons. The molecule has 0 aromatic heterocycles. The van der Waals surface area contributed by atoms with E-state index in [2.05, 4.69) is 50.3 Å². The standard InChI is InChI=1S/C30H37N5O4/c1-32(15-16-36)22-7-5-21(6-8-22)17-33-13-11-30(12-14-33)19-34(20-30)25-4-2-3-23-24(25)18-35(29(23)39)26-9-10-27(37)31-28(26)38/h2-8,26,36H,9-20H2,1H3,(H,31,37,38). The molecule has 0 saturated carbocycles. The molecular formula is C30H37N5O4. The fourth-order valence-electron chi connectivity index (χ4n) is 6.69. The molecule has 2 N–H and O–H groups in total. The molecule has 4 aliphatic heterocycles. The first-order valence-electron chi connectivity index (χ1n) is 14.0. The number of anilines is 2. The highest BCUT2D eigenvalue weighted by Gasteiger charge is 2.47. The Hall–Kier alpha value is -3.43. The Balaban J connectivity index is 1.05. The molecule has 3 amide bonds. The Kier molecular flexibility index (Phi) is 6.81. The first kappa shape index (κ1) is 25.8. The van der Waals surface area contributed by atoms with Gasteiger partial charge in [0.1, 0.15) is 6.04 Å². The Labute approximate surface area is 229 Å². The monoisotopic (exact) mass is 531 g/mol. The molecule has 4 aliphatic rings. The number of hydrogen-bond donors (Lipinski definition) is 2. The highest BCUT2D eigenvalue weighted by Crippen LogP contribution is 2.45. The predicted molar refractivity (Wildman–Crippen MR) is 148 cm³/mol. The van der Waals surface area contributed by atoms with Gasteiger partial charge in [0.05, 0.1) is 6.61 Å². The number of carbonyl (C=O) groups is 3. The minimum Gasteiger partial charge on any atom is -0.395 e. The number of nitrogens with one attached hydrogen (secondary N) is 1. The van der Waals surface area contributed by atoms with E-state index in [0.717, 1.165) is 62.5 Å². The van der Waals surface area contributed by atoms with Gasteiger partial charge in [0.25, 0.3) is 5.91 Å². The third-order valence-electron chi connectivity index (χ3n) is 9.09.